The Kier molecular flexibility index (Phi) is 3.81. The van der Waals surface area contributed by atoms with Crippen molar-refractivity contribution >= 4 is 9.84 Å². The van der Waals surface area contributed by atoms with Crippen LogP contribution < -0.4 is 0 Å². The van der Waals surface area contributed by atoms with Crippen LogP contribution in [0.3, 0.4) is 0 Å². The maximum atomic E-state index is 11.5. The van der Waals surface area contributed by atoms with Gasteiger partial charge in [0.1, 0.15) is 0 Å². The molecule has 3 atom stereocenters. The molecule has 0 bridgehead atoms. The lowest BCUT2D eigenvalue weighted by atomic mass is 9.84. The van der Waals surface area contributed by atoms with E-state index >= 15 is 0 Å². The van der Waals surface area contributed by atoms with Crippen LogP contribution in [0.5, 0.6) is 0 Å². The molecule has 3 unspecified atom stereocenters. The molecule has 0 radical (unpaired) electrons. The molecule has 0 spiro atoms. The lowest BCUT2D eigenvalue weighted by Gasteiger charge is -2.26. The zero-order valence-corrected chi connectivity index (χ0v) is 12.2. The third-order valence-corrected chi connectivity index (χ3v) is 6.16. The molecular weight excluding hydrogens is 280 g/mol. The molecule has 7 heteroatoms. The van der Waals surface area contributed by atoms with Gasteiger partial charge in [0, 0.05) is 12.3 Å². The molecule has 112 valence electrons. The first-order chi connectivity index (χ1) is 9.53. The smallest absolute Gasteiger partial charge is 0.227 e. The van der Waals surface area contributed by atoms with Crippen molar-refractivity contribution < 1.29 is 18.0 Å². The molecule has 0 aromatic carbocycles. The average molecular weight is 300 g/mol. The normalized spacial score (nSPS) is 33.4. The maximum Gasteiger partial charge on any atom is 0.227 e. The highest BCUT2D eigenvalue weighted by molar-refractivity contribution is 7.91. The van der Waals surface area contributed by atoms with Gasteiger partial charge in [-0.25, -0.2) is 8.42 Å². The van der Waals surface area contributed by atoms with Gasteiger partial charge in [0.2, 0.25) is 5.89 Å². The molecule has 1 saturated heterocycles. The standard InChI is InChI=1S/C13H20N2O4S/c16-11-4-2-1-3-9(11)7-12-14-13(15-19-12)10-5-6-20(17,18)8-10/h9-11,16H,1-8H2. The Morgan fingerprint density at radius 3 is 2.75 bits per heavy atom. The number of aliphatic hydroxyl groups excluding tert-OH is 1. The number of aliphatic hydroxyl groups is 1. The summed E-state index contributed by atoms with van der Waals surface area (Å²) in [5.41, 5.74) is 0. The van der Waals surface area contributed by atoms with Gasteiger partial charge in [0.25, 0.3) is 0 Å². The van der Waals surface area contributed by atoms with Gasteiger partial charge < -0.3 is 9.63 Å². The summed E-state index contributed by atoms with van der Waals surface area (Å²) in [7, 11) is -2.93. The van der Waals surface area contributed by atoms with E-state index in [1.807, 2.05) is 0 Å². The number of aromatic nitrogens is 2. The van der Waals surface area contributed by atoms with Gasteiger partial charge in [-0.2, -0.15) is 4.98 Å². The van der Waals surface area contributed by atoms with E-state index in [2.05, 4.69) is 10.1 Å². The second kappa shape index (κ2) is 5.44. The van der Waals surface area contributed by atoms with Crippen molar-refractivity contribution in [2.75, 3.05) is 11.5 Å². The van der Waals surface area contributed by atoms with E-state index in [4.69, 9.17) is 4.52 Å². The van der Waals surface area contributed by atoms with Crippen LogP contribution in [0.2, 0.25) is 0 Å². The average Bonchev–Trinajstić information content (AvgIpc) is 2.99. The van der Waals surface area contributed by atoms with Gasteiger partial charge in [-0.1, -0.05) is 18.0 Å². The highest BCUT2D eigenvalue weighted by Crippen LogP contribution is 2.29. The Bertz CT molecular complexity index is 569. The molecule has 1 aromatic heterocycles. The van der Waals surface area contributed by atoms with E-state index in [9.17, 15) is 13.5 Å². The van der Waals surface area contributed by atoms with E-state index in [1.165, 1.54) is 0 Å². The summed E-state index contributed by atoms with van der Waals surface area (Å²) in [5.74, 6) is 1.42. The van der Waals surface area contributed by atoms with Crippen molar-refractivity contribution in [3.63, 3.8) is 0 Å². The van der Waals surface area contributed by atoms with Crippen molar-refractivity contribution in [2.24, 2.45) is 5.92 Å². The molecule has 1 saturated carbocycles. The molecule has 0 amide bonds. The van der Waals surface area contributed by atoms with Gasteiger partial charge in [0.05, 0.1) is 17.6 Å². The number of hydrogen-bond donors (Lipinski definition) is 1. The van der Waals surface area contributed by atoms with Crippen LogP contribution in [0.25, 0.3) is 0 Å². The molecule has 2 aliphatic rings. The second-order valence-corrected chi connectivity index (χ2v) is 8.19. The molecule has 1 aromatic rings. The van der Waals surface area contributed by atoms with Crippen LogP contribution in [-0.4, -0.2) is 41.3 Å². The summed E-state index contributed by atoms with van der Waals surface area (Å²) in [4.78, 5) is 4.33. The van der Waals surface area contributed by atoms with E-state index in [-0.39, 0.29) is 29.4 Å². The van der Waals surface area contributed by atoms with Crippen LogP contribution in [0.15, 0.2) is 4.52 Å². The van der Waals surface area contributed by atoms with E-state index in [0.29, 0.717) is 24.6 Å². The zero-order chi connectivity index (χ0) is 14.2. The van der Waals surface area contributed by atoms with Crippen molar-refractivity contribution in [1.82, 2.24) is 10.1 Å². The number of sulfone groups is 1. The summed E-state index contributed by atoms with van der Waals surface area (Å²) in [6.07, 6.45) is 4.91. The first kappa shape index (κ1) is 14.0. The fourth-order valence-electron chi connectivity index (χ4n) is 3.17. The minimum absolute atomic E-state index is 0.123. The van der Waals surface area contributed by atoms with E-state index in [1.54, 1.807) is 0 Å². The van der Waals surface area contributed by atoms with Crippen LogP contribution in [0.4, 0.5) is 0 Å². The quantitative estimate of drug-likeness (QED) is 0.897. The van der Waals surface area contributed by atoms with Gasteiger partial charge in [-0.3, -0.25) is 0 Å². The second-order valence-electron chi connectivity index (χ2n) is 5.96. The molecule has 1 N–H and O–H groups in total. The highest BCUT2D eigenvalue weighted by atomic mass is 32.2. The zero-order valence-electron chi connectivity index (χ0n) is 11.4. The Morgan fingerprint density at radius 1 is 1.25 bits per heavy atom. The summed E-state index contributed by atoms with van der Waals surface area (Å²) in [6, 6.07) is 0. The minimum Gasteiger partial charge on any atom is -0.393 e. The van der Waals surface area contributed by atoms with Gasteiger partial charge in [0.15, 0.2) is 15.7 Å². The molecule has 1 aliphatic carbocycles. The Balaban J connectivity index is 1.65. The largest absolute Gasteiger partial charge is 0.393 e. The monoisotopic (exact) mass is 300 g/mol. The summed E-state index contributed by atoms with van der Waals surface area (Å²) in [5, 5.41) is 13.9. The van der Waals surface area contributed by atoms with Gasteiger partial charge >= 0.3 is 0 Å². The number of nitrogens with zero attached hydrogens (tertiary/aromatic N) is 2. The topological polar surface area (TPSA) is 93.3 Å². The van der Waals surface area contributed by atoms with Crippen molar-refractivity contribution in [2.45, 2.75) is 50.5 Å². The third-order valence-electron chi connectivity index (χ3n) is 4.39. The van der Waals surface area contributed by atoms with Crippen LogP contribution in [0, 0.1) is 5.92 Å². The molecule has 6 nitrogen and oxygen atoms in total. The predicted octanol–water partition coefficient (Wildman–Crippen LogP) is 1.07. The molecule has 1 aliphatic heterocycles. The summed E-state index contributed by atoms with van der Waals surface area (Å²) >= 11 is 0. The Hall–Kier alpha value is -0.950. The first-order valence-electron chi connectivity index (χ1n) is 7.24. The summed E-state index contributed by atoms with van der Waals surface area (Å²) in [6.45, 7) is 0. The van der Waals surface area contributed by atoms with Crippen molar-refractivity contribution in [3.05, 3.63) is 11.7 Å². The number of rotatable bonds is 3. The van der Waals surface area contributed by atoms with Crippen LogP contribution >= 0.6 is 0 Å². The fraction of sp³-hybridized carbons (Fsp3) is 0.846. The van der Waals surface area contributed by atoms with Crippen LogP contribution in [0.1, 0.15) is 49.7 Å². The third kappa shape index (κ3) is 3.03. The lowest BCUT2D eigenvalue weighted by Crippen LogP contribution is -2.26. The summed E-state index contributed by atoms with van der Waals surface area (Å²) < 4.78 is 28.2. The highest BCUT2D eigenvalue weighted by Gasteiger charge is 2.33. The van der Waals surface area contributed by atoms with Crippen molar-refractivity contribution in [1.29, 1.82) is 0 Å². The van der Waals surface area contributed by atoms with Gasteiger partial charge in [-0.05, 0) is 25.2 Å². The lowest BCUT2D eigenvalue weighted by molar-refractivity contribution is 0.0657. The SMILES string of the molecule is O=S1(=O)CCC(c2noc(CC3CCCCC3O)n2)C1. The van der Waals surface area contributed by atoms with E-state index < -0.39 is 9.84 Å². The maximum absolute atomic E-state index is 11.5. The Morgan fingerprint density at radius 2 is 2.05 bits per heavy atom. The Labute approximate surface area is 118 Å². The van der Waals surface area contributed by atoms with Gasteiger partial charge in [-0.15, -0.1) is 0 Å². The molecule has 3 rings (SSSR count). The fourth-order valence-corrected chi connectivity index (χ4v) is 4.90. The van der Waals surface area contributed by atoms with Crippen molar-refractivity contribution in [3.8, 4) is 0 Å². The minimum atomic E-state index is -2.93. The predicted molar refractivity (Wildman–Crippen MR) is 72.0 cm³/mol. The number of hydrogen-bond acceptors (Lipinski definition) is 6. The molecule has 2 heterocycles. The van der Waals surface area contributed by atoms with E-state index in [0.717, 1.165) is 25.7 Å². The van der Waals surface area contributed by atoms with Crippen LogP contribution in [-0.2, 0) is 16.3 Å². The molecule has 2 fully saturated rings. The first-order valence-corrected chi connectivity index (χ1v) is 9.06. The molecule has 20 heavy (non-hydrogen) atoms. The molecular formula is C13H20N2O4S.